The lowest BCUT2D eigenvalue weighted by atomic mass is 10.1. The molecule has 9 nitrogen and oxygen atoms in total. The van der Waals surface area contributed by atoms with E-state index in [9.17, 15) is 18.0 Å². The molecule has 0 aliphatic heterocycles. The predicted octanol–water partition coefficient (Wildman–Crippen LogP) is 2.91. The summed E-state index contributed by atoms with van der Waals surface area (Å²) in [5.41, 5.74) is 6.38. The van der Waals surface area contributed by atoms with Gasteiger partial charge < -0.3 is 15.8 Å². The van der Waals surface area contributed by atoms with E-state index in [1.54, 1.807) is 19.1 Å². The van der Waals surface area contributed by atoms with Crippen LogP contribution in [0.3, 0.4) is 0 Å². The molecule has 2 aromatic heterocycles. The number of nitrogens with one attached hydrogen (secondary N) is 1. The number of nitrogens with two attached hydrogens (primary N) is 1. The number of hydrogen-bond acceptors (Lipinski definition) is 7. The number of anilines is 1. The van der Waals surface area contributed by atoms with Crippen LogP contribution in [0.4, 0.5) is 19.1 Å². The Kier molecular flexibility index (Phi) is 5.21. The van der Waals surface area contributed by atoms with Crippen LogP contribution in [0.25, 0.3) is 5.95 Å². The van der Waals surface area contributed by atoms with E-state index in [2.05, 4.69) is 30.1 Å². The molecule has 3 N–H and O–H groups in total. The van der Waals surface area contributed by atoms with Gasteiger partial charge in [0.05, 0.1) is 6.04 Å². The van der Waals surface area contributed by atoms with E-state index in [1.165, 1.54) is 23.1 Å². The Bertz CT molecular complexity index is 1100. The molecule has 0 unspecified atom stereocenters. The minimum absolute atomic E-state index is 0.0415. The Labute approximate surface area is 174 Å². The quantitative estimate of drug-likeness (QED) is 0.613. The van der Waals surface area contributed by atoms with Crippen molar-refractivity contribution < 1.29 is 22.7 Å². The molecule has 1 atom stereocenters. The maximum absolute atomic E-state index is 12.8. The molecule has 162 valence electrons. The molecule has 1 saturated carbocycles. The number of nitrogen functional groups attached to an aromatic ring is 1. The Balaban J connectivity index is 1.59. The van der Waals surface area contributed by atoms with E-state index in [4.69, 9.17) is 5.73 Å². The van der Waals surface area contributed by atoms with Gasteiger partial charge >= 0.3 is 6.36 Å². The van der Waals surface area contributed by atoms with Gasteiger partial charge in [-0.1, -0.05) is 0 Å². The number of halogens is 3. The minimum atomic E-state index is -4.85. The number of carbonyl (C=O) groups is 1. The molecule has 1 fully saturated rings. The molecule has 0 saturated heterocycles. The molecule has 2 heterocycles. The topological polar surface area (TPSA) is 121 Å². The maximum atomic E-state index is 12.8. The number of benzene rings is 1. The smallest absolute Gasteiger partial charge is 0.406 e. The lowest BCUT2D eigenvalue weighted by molar-refractivity contribution is -0.274. The summed E-state index contributed by atoms with van der Waals surface area (Å²) in [6.07, 6.45) is -0.122. The molecule has 1 amide bonds. The molecular weight excluding hydrogens is 415 g/mol. The van der Waals surface area contributed by atoms with Gasteiger partial charge in [-0.15, -0.1) is 18.3 Å². The zero-order chi connectivity index (χ0) is 22.2. The first-order valence-corrected chi connectivity index (χ1v) is 9.41. The second-order valence-electron chi connectivity index (χ2n) is 7.10. The van der Waals surface area contributed by atoms with Gasteiger partial charge in [0.15, 0.2) is 5.82 Å². The third-order valence-electron chi connectivity index (χ3n) is 4.60. The zero-order valence-electron chi connectivity index (χ0n) is 16.3. The molecule has 1 aromatic carbocycles. The first-order chi connectivity index (χ1) is 14.7. The Morgan fingerprint density at radius 3 is 2.61 bits per heavy atom. The third kappa shape index (κ3) is 4.90. The summed E-state index contributed by atoms with van der Waals surface area (Å²) < 4.78 is 43.4. The zero-order valence-corrected chi connectivity index (χ0v) is 16.3. The highest BCUT2D eigenvalue weighted by Gasteiger charge is 2.33. The summed E-state index contributed by atoms with van der Waals surface area (Å²) in [5, 5.41) is 6.75. The van der Waals surface area contributed by atoms with Gasteiger partial charge in [0, 0.05) is 18.0 Å². The lowest BCUT2D eigenvalue weighted by Crippen LogP contribution is -2.29. The van der Waals surface area contributed by atoms with Crippen LogP contribution in [0.15, 0.2) is 36.7 Å². The summed E-state index contributed by atoms with van der Waals surface area (Å²) >= 11 is 0. The van der Waals surface area contributed by atoms with Crippen LogP contribution in [0, 0.1) is 0 Å². The fraction of sp³-hybridized carbons (Fsp3) is 0.316. The SMILES string of the molecule is C[C@H](NC(=O)c1cc(OC(F)(F)F)cc(C2CC2)c1)c1nc(N)nn1-c1ncccn1. The first kappa shape index (κ1) is 20.6. The molecule has 4 rings (SSSR count). The number of rotatable bonds is 6. The highest BCUT2D eigenvalue weighted by atomic mass is 19.4. The van der Waals surface area contributed by atoms with Crippen LogP contribution in [0.1, 0.15) is 53.5 Å². The van der Waals surface area contributed by atoms with E-state index < -0.39 is 24.1 Å². The fourth-order valence-corrected chi connectivity index (χ4v) is 3.11. The van der Waals surface area contributed by atoms with Crippen LogP contribution < -0.4 is 15.8 Å². The van der Waals surface area contributed by atoms with Crippen molar-refractivity contribution in [2.75, 3.05) is 5.73 Å². The molecule has 12 heteroatoms. The summed E-state index contributed by atoms with van der Waals surface area (Å²) in [5.74, 6) is -0.468. The molecule has 0 bridgehead atoms. The summed E-state index contributed by atoms with van der Waals surface area (Å²) in [6, 6.07) is 4.87. The van der Waals surface area contributed by atoms with Gasteiger partial charge in [-0.2, -0.15) is 9.67 Å². The Morgan fingerprint density at radius 2 is 1.97 bits per heavy atom. The van der Waals surface area contributed by atoms with E-state index >= 15 is 0 Å². The van der Waals surface area contributed by atoms with Crippen molar-refractivity contribution in [2.45, 2.75) is 38.1 Å². The van der Waals surface area contributed by atoms with Crippen LogP contribution in [-0.4, -0.2) is 37.0 Å². The monoisotopic (exact) mass is 433 g/mol. The Hall–Kier alpha value is -3.70. The number of amides is 1. The van der Waals surface area contributed by atoms with Gasteiger partial charge in [-0.3, -0.25) is 4.79 Å². The van der Waals surface area contributed by atoms with Crippen LogP contribution >= 0.6 is 0 Å². The predicted molar refractivity (Wildman–Crippen MR) is 102 cm³/mol. The van der Waals surface area contributed by atoms with E-state index in [0.717, 1.165) is 18.9 Å². The van der Waals surface area contributed by atoms with Crippen molar-refractivity contribution in [1.29, 1.82) is 0 Å². The second-order valence-corrected chi connectivity index (χ2v) is 7.10. The van der Waals surface area contributed by atoms with Crippen LogP contribution in [-0.2, 0) is 0 Å². The standard InChI is InChI=1S/C19H18F3N7O2/c1-10(15-27-17(23)28-29(15)18-24-5-2-6-25-18)26-16(30)13-7-12(11-3-4-11)8-14(9-13)31-19(20,21)22/h2,5-11H,3-4H2,1H3,(H2,23,28)(H,26,30)/t10-/m0/s1. The average molecular weight is 433 g/mol. The van der Waals surface area contributed by atoms with Crippen LogP contribution in [0.2, 0.25) is 0 Å². The van der Waals surface area contributed by atoms with Gasteiger partial charge in [-0.05, 0) is 55.5 Å². The highest BCUT2D eigenvalue weighted by molar-refractivity contribution is 5.95. The Morgan fingerprint density at radius 1 is 1.26 bits per heavy atom. The maximum Gasteiger partial charge on any atom is 0.573 e. The number of ether oxygens (including phenoxy) is 1. The van der Waals surface area contributed by atoms with Crippen LogP contribution in [0.5, 0.6) is 5.75 Å². The van der Waals surface area contributed by atoms with Gasteiger partial charge in [0.25, 0.3) is 11.9 Å². The largest absolute Gasteiger partial charge is 0.573 e. The number of nitrogens with zero attached hydrogens (tertiary/aromatic N) is 5. The van der Waals surface area contributed by atoms with Crippen molar-refractivity contribution >= 4 is 11.9 Å². The van der Waals surface area contributed by atoms with Crippen molar-refractivity contribution in [3.05, 3.63) is 53.6 Å². The molecule has 0 radical (unpaired) electrons. The normalized spacial score (nSPS) is 14.8. The number of hydrogen-bond donors (Lipinski definition) is 2. The summed E-state index contributed by atoms with van der Waals surface area (Å²) in [4.78, 5) is 25.1. The number of carbonyl (C=O) groups excluding carboxylic acids is 1. The van der Waals surface area contributed by atoms with Crippen molar-refractivity contribution in [3.8, 4) is 11.7 Å². The fourth-order valence-electron chi connectivity index (χ4n) is 3.11. The van der Waals surface area contributed by atoms with Gasteiger partial charge in [0.1, 0.15) is 5.75 Å². The van der Waals surface area contributed by atoms with Crippen molar-refractivity contribution in [2.24, 2.45) is 0 Å². The number of alkyl halides is 3. The van der Waals surface area contributed by atoms with Crippen molar-refractivity contribution in [3.63, 3.8) is 0 Å². The molecule has 1 aliphatic rings. The minimum Gasteiger partial charge on any atom is -0.406 e. The lowest BCUT2D eigenvalue weighted by Gasteiger charge is -2.16. The summed E-state index contributed by atoms with van der Waals surface area (Å²) in [7, 11) is 0. The third-order valence-corrected chi connectivity index (χ3v) is 4.60. The highest BCUT2D eigenvalue weighted by Crippen LogP contribution is 2.42. The summed E-state index contributed by atoms with van der Waals surface area (Å²) in [6.45, 7) is 1.64. The molecule has 1 aliphatic carbocycles. The number of aromatic nitrogens is 5. The first-order valence-electron chi connectivity index (χ1n) is 9.41. The van der Waals surface area contributed by atoms with Gasteiger partial charge in [-0.25, -0.2) is 9.97 Å². The van der Waals surface area contributed by atoms with E-state index in [-0.39, 0.29) is 29.2 Å². The molecular formula is C19H18F3N7O2. The molecule has 3 aromatic rings. The van der Waals surface area contributed by atoms with E-state index in [0.29, 0.717) is 5.56 Å². The average Bonchev–Trinajstić information content (AvgIpc) is 3.48. The molecule has 31 heavy (non-hydrogen) atoms. The van der Waals surface area contributed by atoms with Crippen molar-refractivity contribution in [1.82, 2.24) is 30.0 Å². The van der Waals surface area contributed by atoms with Gasteiger partial charge in [0.2, 0.25) is 5.95 Å². The van der Waals surface area contributed by atoms with E-state index in [1.807, 2.05) is 0 Å². The second kappa shape index (κ2) is 7.85. The molecule has 0 spiro atoms.